The maximum atomic E-state index is 12.5. The first-order valence-corrected chi connectivity index (χ1v) is 12.3. The van der Waals surface area contributed by atoms with Gasteiger partial charge in [0.25, 0.3) is 5.91 Å². The van der Waals surface area contributed by atoms with E-state index in [0.29, 0.717) is 23.8 Å². The highest BCUT2D eigenvalue weighted by molar-refractivity contribution is 5.79. The van der Waals surface area contributed by atoms with Crippen molar-refractivity contribution in [1.82, 2.24) is 19.9 Å². The highest BCUT2D eigenvalue weighted by Gasteiger charge is 2.27. The van der Waals surface area contributed by atoms with Crippen LogP contribution in [-0.2, 0) is 4.79 Å². The van der Waals surface area contributed by atoms with Gasteiger partial charge < -0.3 is 24.4 Å². The van der Waals surface area contributed by atoms with Crippen LogP contribution in [0.25, 0.3) is 16.9 Å². The molecule has 1 fully saturated rings. The van der Waals surface area contributed by atoms with Gasteiger partial charge in [-0.2, -0.15) is 5.10 Å². The van der Waals surface area contributed by atoms with Gasteiger partial charge in [-0.1, -0.05) is 18.2 Å². The number of hydrogen-bond donors (Lipinski definition) is 1. The van der Waals surface area contributed by atoms with Crippen LogP contribution in [0.5, 0.6) is 17.2 Å². The predicted octanol–water partition coefficient (Wildman–Crippen LogP) is 3.80. The lowest BCUT2D eigenvalue weighted by Crippen LogP contribution is -2.39. The third kappa shape index (κ3) is 5.02. The number of rotatable bonds is 8. The minimum absolute atomic E-state index is 0.00669. The van der Waals surface area contributed by atoms with Gasteiger partial charge in [-0.05, 0) is 56.7 Å². The number of carbonyl (C=O) groups is 1. The van der Waals surface area contributed by atoms with Crippen molar-refractivity contribution >= 4 is 17.2 Å². The van der Waals surface area contributed by atoms with E-state index in [1.165, 1.54) is 0 Å². The quantitative estimate of drug-likeness (QED) is 0.393. The molecule has 37 heavy (non-hydrogen) atoms. The number of hydrogen-bond acceptors (Lipinski definition) is 7. The van der Waals surface area contributed by atoms with E-state index in [0.717, 1.165) is 46.9 Å². The van der Waals surface area contributed by atoms with Crippen molar-refractivity contribution in [1.29, 1.82) is 0 Å². The summed E-state index contributed by atoms with van der Waals surface area (Å²) >= 11 is 0. The summed E-state index contributed by atoms with van der Waals surface area (Å²) in [5.74, 6) is 1.87. The second-order valence-corrected chi connectivity index (χ2v) is 9.12. The number of benzene rings is 2. The number of aromatic nitrogens is 3. The maximum absolute atomic E-state index is 12.5. The van der Waals surface area contributed by atoms with Gasteiger partial charge in [0.2, 0.25) is 0 Å². The zero-order valence-corrected chi connectivity index (χ0v) is 21.5. The second kappa shape index (κ2) is 10.4. The number of anilines is 1. The van der Waals surface area contributed by atoms with Gasteiger partial charge in [-0.15, -0.1) is 0 Å². The van der Waals surface area contributed by atoms with Crippen LogP contribution in [0, 0.1) is 13.8 Å². The van der Waals surface area contributed by atoms with Crippen LogP contribution in [-0.4, -0.2) is 60.5 Å². The van der Waals surface area contributed by atoms with E-state index in [-0.39, 0.29) is 18.6 Å². The lowest BCUT2D eigenvalue weighted by atomic mass is 10.1. The first-order valence-electron chi connectivity index (χ1n) is 12.3. The van der Waals surface area contributed by atoms with Crippen LogP contribution in [0.2, 0.25) is 0 Å². The molecule has 1 unspecified atom stereocenters. The average Bonchev–Trinajstić information content (AvgIpc) is 3.50. The van der Waals surface area contributed by atoms with E-state index >= 15 is 0 Å². The molecule has 1 N–H and O–H groups in total. The van der Waals surface area contributed by atoms with E-state index in [9.17, 15) is 4.79 Å². The summed E-state index contributed by atoms with van der Waals surface area (Å²) in [5, 5.41) is 7.90. The molecule has 192 valence electrons. The monoisotopic (exact) mass is 501 g/mol. The number of carbonyl (C=O) groups excluding carboxylic acids is 1. The van der Waals surface area contributed by atoms with Crippen LogP contribution < -0.4 is 24.4 Å². The Morgan fingerprint density at radius 2 is 1.84 bits per heavy atom. The predicted molar refractivity (Wildman–Crippen MR) is 142 cm³/mol. The van der Waals surface area contributed by atoms with Crippen LogP contribution in [0.1, 0.15) is 17.8 Å². The first kappa shape index (κ1) is 24.4. The fourth-order valence-electron chi connectivity index (χ4n) is 4.81. The molecule has 4 aromatic rings. The van der Waals surface area contributed by atoms with Crippen LogP contribution in [0.4, 0.5) is 5.69 Å². The number of methoxy groups -OCH3 is 2. The van der Waals surface area contributed by atoms with Gasteiger partial charge in [0.05, 0.1) is 37.0 Å². The zero-order valence-electron chi connectivity index (χ0n) is 21.5. The zero-order chi connectivity index (χ0) is 25.9. The van der Waals surface area contributed by atoms with Crippen LogP contribution in [0.3, 0.4) is 0 Å². The number of nitrogens with one attached hydrogen (secondary N) is 1. The van der Waals surface area contributed by atoms with E-state index in [1.54, 1.807) is 14.2 Å². The van der Waals surface area contributed by atoms with Gasteiger partial charge in [-0.3, -0.25) is 4.79 Å². The number of fused-ring (bicyclic) bond motifs is 1. The molecule has 0 aliphatic carbocycles. The number of nitrogens with zero attached hydrogens (tertiary/aromatic N) is 4. The molecule has 5 rings (SSSR count). The molecule has 1 aliphatic rings. The minimum Gasteiger partial charge on any atom is -0.493 e. The minimum atomic E-state index is -0.126. The Bertz CT molecular complexity index is 1420. The maximum Gasteiger partial charge on any atom is 0.258 e. The topological polar surface area (TPSA) is 90.2 Å². The summed E-state index contributed by atoms with van der Waals surface area (Å²) in [4.78, 5) is 19.6. The molecule has 2 aromatic heterocycles. The molecule has 1 amide bonds. The number of imidazole rings is 1. The molecule has 9 heteroatoms. The highest BCUT2D eigenvalue weighted by atomic mass is 16.5. The Balaban J connectivity index is 1.36. The summed E-state index contributed by atoms with van der Waals surface area (Å²) in [6, 6.07) is 17.3. The second-order valence-electron chi connectivity index (χ2n) is 9.12. The number of para-hydroxylation sites is 1. The number of amides is 1. The van der Waals surface area contributed by atoms with E-state index in [2.05, 4.69) is 16.3 Å². The Morgan fingerprint density at radius 1 is 1.05 bits per heavy atom. The summed E-state index contributed by atoms with van der Waals surface area (Å²) in [5.41, 5.74) is 5.38. The Kier molecular flexibility index (Phi) is 6.85. The molecular formula is C28H31N5O4. The molecule has 1 aliphatic heterocycles. The van der Waals surface area contributed by atoms with Crippen molar-refractivity contribution in [3.05, 3.63) is 66.0 Å². The van der Waals surface area contributed by atoms with Crippen molar-refractivity contribution in [2.45, 2.75) is 26.3 Å². The fourth-order valence-corrected chi connectivity index (χ4v) is 4.81. The molecule has 1 atom stereocenters. The van der Waals surface area contributed by atoms with Crippen molar-refractivity contribution in [3.63, 3.8) is 0 Å². The van der Waals surface area contributed by atoms with Crippen molar-refractivity contribution in [2.24, 2.45) is 0 Å². The summed E-state index contributed by atoms with van der Waals surface area (Å²) in [7, 11) is 3.25. The van der Waals surface area contributed by atoms with Gasteiger partial charge in [0.1, 0.15) is 5.75 Å². The smallest absolute Gasteiger partial charge is 0.258 e. The van der Waals surface area contributed by atoms with Gasteiger partial charge in [0, 0.05) is 24.7 Å². The molecule has 3 heterocycles. The standard InChI is InChI=1S/C28H31N5O4/c1-18-14-23(32-13-12-21(16-32)30-26(34)17-37-22-8-6-5-7-9-22)28-29-19(2)27(33(28)31-18)20-10-11-24(35-3)25(15-20)36-4/h5-11,14-15,21H,12-13,16-17H2,1-4H3,(H,30,34). The molecule has 2 aromatic carbocycles. The van der Waals surface area contributed by atoms with E-state index < -0.39 is 0 Å². The van der Waals surface area contributed by atoms with Crippen LogP contribution in [0.15, 0.2) is 54.6 Å². The molecule has 0 spiro atoms. The van der Waals surface area contributed by atoms with Crippen molar-refractivity contribution in [3.8, 4) is 28.5 Å². The highest BCUT2D eigenvalue weighted by Crippen LogP contribution is 2.35. The Morgan fingerprint density at radius 3 is 2.59 bits per heavy atom. The van der Waals surface area contributed by atoms with Gasteiger partial charge in [0.15, 0.2) is 23.8 Å². The molecule has 1 saturated heterocycles. The fraction of sp³-hybridized carbons (Fsp3) is 0.321. The molecule has 0 radical (unpaired) electrons. The third-order valence-electron chi connectivity index (χ3n) is 6.53. The molecule has 0 bridgehead atoms. The Labute approximate surface area is 216 Å². The normalized spacial score (nSPS) is 15.1. The summed E-state index contributed by atoms with van der Waals surface area (Å²) in [6.07, 6.45) is 0.840. The van der Waals surface area contributed by atoms with Gasteiger partial charge in [-0.25, -0.2) is 9.50 Å². The van der Waals surface area contributed by atoms with Crippen LogP contribution >= 0.6 is 0 Å². The van der Waals surface area contributed by atoms with Gasteiger partial charge >= 0.3 is 0 Å². The summed E-state index contributed by atoms with van der Waals surface area (Å²) in [6.45, 7) is 5.45. The molecule has 0 saturated carbocycles. The Hall–Kier alpha value is -4.27. The number of ether oxygens (including phenoxy) is 3. The van der Waals surface area contributed by atoms with E-state index in [1.807, 2.05) is 66.9 Å². The molecule has 9 nitrogen and oxygen atoms in total. The average molecular weight is 502 g/mol. The lowest BCUT2D eigenvalue weighted by molar-refractivity contribution is -0.123. The molecular weight excluding hydrogens is 470 g/mol. The number of aryl methyl sites for hydroxylation is 2. The lowest BCUT2D eigenvalue weighted by Gasteiger charge is -2.20. The van der Waals surface area contributed by atoms with E-state index in [4.69, 9.17) is 24.3 Å². The largest absolute Gasteiger partial charge is 0.493 e. The summed E-state index contributed by atoms with van der Waals surface area (Å²) < 4.78 is 18.4. The third-order valence-corrected chi connectivity index (χ3v) is 6.53. The van der Waals surface area contributed by atoms with Crippen molar-refractivity contribution < 1.29 is 19.0 Å². The SMILES string of the molecule is COc1ccc(-c2c(C)nc3c(N4CCC(NC(=O)COc5ccccc5)C4)cc(C)nn23)cc1OC. The first-order chi connectivity index (χ1) is 18.0. The van der Waals surface area contributed by atoms with Crippen molar-refractivity contribution in [2.75, 3.05) is 38.8 Å².